The first-order valence-corrected chi connectivity index (χ1v) is 7.23. The van der Waals surface area contributed by atoms with Crippen molar-refractivity contribution in [3.05, 3.63) is 0 Å². The molecule has 0 aliphatic heterocycles. The van der Waals surface area contributed by atoms with Crippen LogP contribution in [-0.2, 0) is 9.53 Å². The van der Waals surface area contributed by atoms with Gasteiger partial charge in [0.15, 0.2) is 0 Å². The quantitative estimate of drug-likeness (QED) is 0.828. The second-order valence-electron chi connectivity index (χ2n) is 5.70. The Labute approximate surface area is 110 Å². The Balaban J connectivity index is 2.09. The standard InChI is InChI=1S/C14H26N2O2/c1-3-18-12-9-11(16(2)13(17)10-15)14(12)7-5-4-6-8-14/h11-12H,3-10,15H2,1-2H3. The van der Waals surface area contributed by atoms with E-state index in [1.165, 1.54) is 32.1 Å². The van der Waals surface area contributed by atoms with Gasteiger partial charge in [-0.3, -0.25) is 4.79 Å². The molecule has 4 nitrogen and oxygen atoms in total. The lowest BCUT2D eigenvalue weighted by Crippen LogP contribution is -2.66. The average Bonchev–Trinajstić information content (AvgIpc) is 2.42. The highest BCUT2D eigenvalue weighted by atomic mass is 16.5. The molecule has 2 unspecified atom stereocenters. The fourth-order valence-electron chi connectivity index (χ4n) is 3.89. The SMILES string of the molecule is CCOC1CC(N(C)C(=O)CN)C12CCCCC2. The molecule has 0 heterocycles. The van der Waals surface area contributed by atoms with Crippen LogP contribution in [-0.4, -0.2) is 43.2 Å². The molecule has 2 rings (SSSR count). The normalized spacial score (nSPS) is 29.9. The summed E-state index contributed by atoms with van der Waals surface area (Å²) >= 11 is 0. The molecule has 1 spiro atoms. The predicted molar refractivity (Wildman–Crippen MR) is 71.2 cm³/mol. The summed E-state index contributed by atoms with van der Waals surface area (Å²) in [6, 6.07) is 0.338. The summed E-state index contributed by atoms with van der Waals surface area (Å²) in [5.74, 6) is 0.0555. The van der Waals surface area contributed by atoms with Crippen molar-refractivity contribution in [2.45, 2.75) is 57.6 Å². The molecule has 2 N–H and O–H groups in total. The monoisotopic (exact) mass is 254 g/mol. The van der Waals surface area contributed by atoms with E-state index in [1.54, 1.807) is 0 Å². The van der Waals surface area contributed by atoms with Gasteiger partial charge in [0.05, 0.1) is 12.6 Å². The highest BCUT2D eigenvalue weighted by Crippen LogP contribution is 2.55. The van der Waals surface area contributed by atoms with Gasteiger partial charge in [-0.25, -0.2) is 0 Å². The number of likely N-dealkylation sites (N-methyl/N-ethyl adjacent to an activating group) is 1. The van der Waals surface area contributed by atoms with Gasteiger partial charge >= 0.3 is 0 Å². The number of carbonyl (C=O) groups excluding carboxylic acids is 1. The molecule has 0 aromatic carbocycles. The minimum atomic E-state index is 0.0555. The zero-order chi connectivity index (χ0) is 13.2. The van der Waals surface area contributed by atoms with Crippen LogP contribution in [0.2, 0.25) is 0 Å². The third-order valence-corrected chi connectivity index (χ3v) is 4.93. The van der Waals surface area contributed by atoms with Crippen molar-refractivity contribution in [1.82, 2.24) is 4.90 Å². The summed E-state index contributed by atoms with van der Waals surface area (Å²) in [4.78, 5) is 13.7. The number of ether oxygens (including phenoxy) is 1. The number of nitrogens with zero attached hydrogens (tertiary/aromatic N) is 1. The van der Waals surface area contributed by atoms with Gasteiger partial charge in [-0.15, -0.1) is 0 Å². The smallest absolute Gasteiger partial charge is 0.236 e. The molecule has 2 atom stereocenters. The molecule has 0 bridgehead atoms. The van der Waals surface area contributed by atoms with Crippen molar-refractivity contribution in [3.63, 3.8) is 0 Å². The second-order valence-corrected chi connectivity index (χ2v) is 5.70. The first-order chi connectivity index (χ1) is 8.65. The lowest BCUT2D eigenvalue weighted by atomic mass is 9.54. The molecule has 2 fully saturated rings. The van der Waals surface area contributed by atoms with Gasteiger partial charge in [0.25, 0.3) is 0 Å². The first-order valence-electron chi connectivity index (χ1n) is 7.23. The van der Waals surface area contributed by atoms with Gasteiger partial charge < -0.3 is 15.4 Å². The number of carbonyl (C=O) groups is 1. The summed E-state index contributed by atoms with van der Waals surface area (Å²) in [7, 11) is 1.90. The summed E-state index contributed by atoms with van der Waals surface area (Å²) in [6.07, 6.45) is 7.59. The molecule has 4 heteroatoms. The van der Waals surface area contributed by atoms with E-state index < -0.39 is 0 Å². The maximum absolute atomic E-state index is 11.8. The van der Waals surface area contributed by atoms with E-state index in [4.69, 9.17) is 10.5 Å². The molecular formula is C14H26N2O2. The fraction of sp³-hybridized carbons (Fsp3) is 0.929. The number of amides is 1. The van der Waals surface area contributed by atoms with Gasteiger partial charge in [-0.2, -0.15) is 0 Å². The van der Waals surface area contributed by atoms with Gasteiger partial charge in [-0.05, 0) is 26.2 Å². The Morgan fingerprint density at radius 3 is 2.61 bits per heavy atom. The average molecular weight is 254 g/mol. The number of rotatable bonds is 4. The maximum Gasteiger partial charge on any atom is 0.236 e. The first kappa shape index (κ1) is 13.8. The zero-order valence-electron chi connectivity index (χ0n) is 11.7. The van der Waals surface area contributed by atoms with Gasteiger partial charge in [0.1, 0.15) is 0 Å². The Kier molecular flexibility index (Phi) is 4.28. The van der Waals surface area contributed by atoms with Crippen LogP contribution in [0.4, 0.5) is 0 Å². The number of hydrogen-bond donors (Lipinski definition) is 1. The highest BCUT2D eigenvalue weighted by molar-refractivity contribution is 5.78. The van der Waals surface area contributed by atoms with Crippen molar-refractivity contribution in [2.24, 2.45) is 11.1 Å². The van der Waals surface area contributed by atoms with E-state index in [0.29, 0.717) is 12.1 Å². The topological polar surface area (TPSA) is 55.6 Å². The van der Waals surface area contributed by atoms with Crippen LogP contribution in [0.25, 0.3) is 0 Å². The van der Waals surface area contributed by atoms with E-state index in [0.717, 1.165) is 13.0 Å². The summed E-state index contributed by atoms with van der Waals surface area (Å²) in [6.45, 7) is 2.94. The Hall–Kier alpha value is -0.610. The third kappa shape index (κ3) is 2.16. The summed E-state index contributed by atoms with van der Waals surface area (Å²) in [5, 5.41) is 0. The molecule has 0 radical (unpaired) electrons. The van der Waals surface area contributed by atoms with Crippen LogP contribution in [0.3, 0.4) is 0 Å². The Morgan fingerprint density at radius 1 is 1.39 bits per heavy atom. The van der Waals surface area contributed by atoms with Crippen molar-refractivity contribution >= 4 is 5.91 Å². The lowest BCUT2D eigenvalue weighted by Gasteiger charge is -2.60. The van der Waals surface area contributed by atoms with Crippen LogP contribution in [0, 0.1) is 5.41 Å². The predicted octanol–water partition coefficient (Wildman–Crippen LogP) is 1.53. The molecular weight excluding hydrogens is 228 g/mol. The zero-order valence-corrected chi connectivity index (χ0v) is 11.7. The van der Waals surface area contributed by atoms with Gasteiger partial charge in [0.2, 0.25) is 5.91 Å². The number of nitrogens with two attached hydrogens (primary N) is 1. The van der Waals surface area contributed by atoms with E-state index >= 15 is 0 Å². The minimum Gasteiger partial charge on any atom is -0.378 e. The van der Waals surface area contributed by atoms with Gasteiger partial charge in [0, 0.05) is 25.1 Å². The lowest BCUT2D eigenvalue weighted by molar-refractivity contribution is -0.184. The molecule has 18 heavy (non-hydrogen) atoms. The molecule has 0 aromatic rings. The largest absolute Gasteiger partial charge is 0.378 e. The second kappa shape index (κ2) is 5.57. The van der Waals surface area contributed by atoms with Crippen LogP contribution in [0.15, 0.2) is 0 Å². The molecule has 2 aliphatic carbocycles. The molecule has 104 valence electrons. The van der Waals surface area contributed by atoms with E-state index in [9.17, 15) is 4.79 Å². The maximum atomic E-state index is 11.8. The van der Waals surface area contributed by atoms with Crippen molar-refractivity contribution in [3.8, 4) is 0 Å². The summed E-state index contributed by atoms with van der Waals surface area (Å²) in [5.41, 5.74) is 5.69. The van der Waals surface area contributed by atoms with E-state index in [-0.39, 0.29) is 17.9 Å². The number of hydrogen-bond acceptors (Lipinski definition) is 3. The van der Waals surface area contributed by atoms with E-state index in [1.807, 2.05) is 11.9 Å². The Bertz CT molecular complexity index is 300. The fourth-order valence-corrected chi connectivity index (χ4v) is 3.89. The van der Waals surface area contributed by atoms with Crippen LogP contribution in [0.5, 0.6) is 0 Å². The van der Waals surface area contributed by atoms with Crippen LogP contribution >= 0.6 is 0 Å². The van der Waals surface area contributed by atoms with Crippen molar-refractivity contribution in [1.29, 1.82) is 0 Å². The highest BCUT2D eigenvalue weighted by Gasteiger charge is 2.57. The minimum absolute atomic E-state index is 0.0555. The van der Waals surface area contributed by atoms with Crippen LogP contribution < -0.4 is 5.73 Å². The van der Waals surface area contributed by atoms with Crippen LogP contribution in [0.1, 0.15) is 45.4 Å². The van der Waals surface area contributed by atoms with Crippen molar-refractivity contribution in [2.75, 3.05) is 20.2 Å². The molecule has 1 amide bonds. The summed E-state index contributed by atoms with van der Waals surface area (Å²) < 4.78 is 5.90. The third-order valence-electron chi connectivity index (χ3n) is 4.93. The Morgan fingerprint density at radius 2 is 2.06 bits per heavy atom. The van der Waals surface area contributed by atoms with Crippen molar-refractivity contribution < 1.29 is 9.53 Å². The van der Waals surface area contributed by atoms with Gasteiger partial charge in [-0.1, -0.05) is 19.3 Å². The molecule has 2 saturated carbocycles. The molecule has 0 saturated heterocycles. The molecule has 2 aliphatic rings. The van der Waals surface area contributed by atoms with E-state index in [2.05, 4.69) is 6.92 Å². The molecule has 0 aromatic heterocycles.